The van der Waals surface area contributed by atoms with Gasteiger partial charge in [-0.05, 0) is 42.2 Å². The molecule has 0 aliphatic carbocycles. The highest BCUT2D eigenvalue weighted by Gasteiger charge is 2.21. The van der Waals surface area contributed by atoms with E-state index in [1.165, 1.54) is 16.8 Å². The van der Waals surface area contributed by atoms with Gasteiger partial charge in [-0.2, -0.15) is 0 Å². The van der Waals surface area contributed by atoms with Gasteiger partial charge in [0, 0.05) is 56.6 Å². The highest BCUT2D eigenvalue weighted by atomic mass is 79.9. The number of hydrazine groups is 1. The number of hydrogen-bond acceptors (Lipinski definition) is 4. The van der Waals surface area contributed by atoms with Crippen LogP contribution in [0.4, 0.5) is 5.69 Å². The Kier molecular flexibility index (Phi) is 9.21. The van der Waals surface area contributed by atoms with Gasteiger partial charge in [0.1, 0.15) is 0 Å². The normalized spacial score (nSPS) is 14.8. The molecule has 1 aliphatic rings. The largest absolute Gasteiger partial charge is 0.399 e. The van der Waals surface area contributed by atoms with Crippen LogP contribution in [-0.4, -0.2) is 44.3 Å². The Morgan fingerprint density at radius 3 is 2.38 bits per heavy atom. The summed E-state index contributed by atoms with van der Waals surface area (Å²) in [6.07, 6.45) is 4.26. The summed E-state index contributed by atoms with van der Waals surface area (Å²) >= 11 is 3.66. The van der Waals surface area contributed by atoms with Crippen LogP contribution in [0.3, 0.4) is 0 Å². The van der Waals surface area contributed by atoms with Crippen LogP contribution in [0.2, 0.25) is 0 Å². The molecule has 1 heterocycles. The average Bonchev–Trinajstić information content (AvgIpc) is 2.70. The molecule has 1 fully saturated rings. The van der Waals surface area contributed by atoms with Crippen molar-refractivity contribution in [3.63, 3.8) is 0 Å². The monoisotopic (exact) mass is 458 g/mol. The van der Waals surface area contributed by atoms with E-state index in [9.17, 15) is 0 Å². The molecule has 3 rings (SSSR count). The van der Waals surface area contributed by atoms with Crippen LogP contribution in [0.1, 0.15) is 36.5 Å². The van der Waals surface area contributed by atoms with E-state index in [-0.39, 0.29) is 0 Å². The Balaban J connectivity index is 0.000000253. The van der Waals surface area contributed by atoms with Crippen molar-refractivity contribution in [2.24, 2.45) is 5.73 Å². The summed E-state index contributed by atoms with van der Waals surface area (Å²) in [5.74, 6) is 0. The molecule has 158 valence electrons. The van der Waals surface area contributed by atoms with Crippen LogP contribution >= 0.6 is 15.9 Å². The first kappa shape index (κ1) is 23.5. The second-order valence-electron chi connectivity index (χ2n) is 7.70. The predicted octanol–water partition coefficient (Wildman–Crippen LogP) is 5.27. The lowest BCUT2D eigenvalue weighted by Gasteiger charge is -2.41. The van der Waals surface area contributed by atoms with E-state index in [1.54, 1.807) is 0 Å². The molecule has 0 bridgehead atoms. The van der Waals surface area contributed by atoms with Gasteiger partial charge in [-0.3, -0.25) is 0 Å². The number of aryl methyl sites for hydroxylation is 1. The van der Waals surface area contributed by atoms with Gasteiger partial charge in [0.25, 0.3) is 0 Å². The topological polar surface area (TPSA) is 35.7 Å². The highest BCUT2D eigenvalue weighted by Crippen LogP contribution is 2.24. The number of halogens is 1. The van der Waals surface area contributed by atoms with Crippen molar-refractivity contribution in [3.8, 4) is 0 Å². The van der Waals surface area contributed by atoms with Crippen molar-refractivity contribution >= 4 is 27.3 Å². The van der Waals surface area contributed by atoms with E-state index in [0.29, 0.717) is 0 Å². The SMILES string of the molecule is CCCC=C(N)c1ccc(CN2CCN2C)c(Br)c1.Cc1ccccc1N(C)C. The molecule has 29 heavy (non-hydrogen) atoms. The van der Waals surface area contributed by atoms with Crippen molar-refractivity contribution in [2.75, 3.05) is 39.1 Å². The quantitative estimate of drug-likeness (QED) is 0.638. The van der Waals surface area contributed by atoms with Gasteiger partial charge in [0.15, 0.2) is 0 Å². The zero-order valence-corrected chi connectivity index (χ0v) is 20.0. The molecule has 1 saturated heterocycles. The van der Waals surface area contributed by atoms with Crippen molar-refractivity contribution < 1.29 is 0 Å². The lowest BCUT2D eigenvalue weighted by atomic mass is 10.1. The standard InChI is InChI=1S/C15H22BrN3.C9H13N/c1-3-4-5-15(17)12-6-7-13(14(16)10-12)11-19-9-8-18(19)2;1-8-6-4-5-7-9(8)10(2)3/h5-7,10H,3-4,8-9,11,17H2,1-2H3;4-7H,1-3H3. The van der Waals surface area contributed by atoms with E-state index >= 15 is 0 Å². The van der Waals surface area contributed by atoms with Crippen LogP contribution in [0.15, 0.2) is 53.0 Å². The maximum Gasteiger partial charge on any atom is 0.0395 e. The predicted molar refractivity (Wildman–Crippen MR) is 130 cm³/mol. The molecule has 2 N–H and O–H groups in total. The number of nitrogens with zero attached hydrogens (tertiary/aromatic N) is 3. The number of allylic oxidation sites excluding steroid dienone is 1. The van der Waals surface area contributed by atoms with Crippen molar-refractivity contribution in [1.29, 1.82) is 0 Å². The van der Waals surface area contributed by atoms with Crippen molar-refractivity contribution in [3.05, 3.63) is 69.7 Å². The third-order valence-corrected chi connectivity index (χ3v) is 5.89. The van der Waals surface area contributed by atoms with Crippen molar-refractivity contribution in [1.82, 2.24) is 10.0 Å². The van der Waals surface area contributed by atoms with Gasteiger partial charge in [-0.15, -0.1) is 0 Å². The second kappa shape index (κ2) is 11.4. The fourth-order valence-corrected chi connectivity index (χ4v) is 3.68. The molecular formula is C24H35BrN4. The van der Waals surface area contributed by atoms with E-state index in [4.69, 9.17) is 5.73 Å². The number of hydrogen-bond donors (Lipinski definition) is 1. The minimum absolute atomic E-state index is 0.871. The van der Waals surface area contributed by atoms with Crippen LogP contribution in [0.25, 0.3) is 5.70 Å². The van der Waals surface area contributed by atoms with Gasteiger partial charge in [0.2, 0.25) is 0 Å². The number of unbranched alkanes of at least 4 members (excludes halogenated alkanes) is 1. The number of rotatable bonds is 6. The third-order valence-electron chi connectivity index (χ3n) is 5.15. The molecule has 5 heteroatoms. The van der Waals surface area contributed by atoms with Crippen LogP contribution < -0.4 is 10.6 Å². The smallest absolute Gasteiger partial charge is 0.0395 e. The summed E-state index contributed by atoms with van der Waals surface area (Å²) in [7, 11) is 6.24. The molecule has 0 unspecified atom stereocenters. The molecule has 0 amide bonds. The number of likely N-dealkylation sites (N-methyl/N-ethyl adjacent to an activating group) is 1. The first-order valence-electron chi connectivity index (χ1n) is 10.3. The zero-order valence-electron chi connectivity index (χ0n) is 18.5. The second-order valence-corrected chi connectivity index (χ2v) is 8.56. The molecule has 2 aromatic carbocycles. The van der Waals surface area contributed by atoms with Gasteiger partial charge < -0.3 is 10.6 Å². The van der Waals surface area contributed by atoms with Gasteiger partial charge in [-0.1, -0.05) is 65.7 Å². The minimum atomic E-state index is 0.871. The molecule has 4 nitrogen and oxygen atoms in total. The first-order chi connectivity index (χ1) is 13.8. The summed E-state index contributed by atoms with van der Waals surface area (Å²) in [6.45, 7) is 7.53. The summed E-state index contributed by atoms with van der Waals surface area (Å²) in [5, 5.41) is 4.58. The molecule has 2 aromatic rings. The van der Waals surface area contributed by atoms with E-state index < -0.39 is 0 Å². The molecule has 0 spiro atoms. The average molecular weight is 459 g/mol. The molecule has 0 saturated carbocycles. The number of para-hydroxylation sites is 1. The highest BCUT2D eigenvalue weighted by molar-refractivity contribution is 9.10. The maximum atomic E-state index is 6.08. The Bertz CT molecular complexity index is 816. The minimum Gasteiger partial charge on any atom is -0.399 e. The van der Waals surface area contributed by atoms with E-state index in [1.807, 2.05) is 0 Å². The first-order valence-corrected chi connectivity index (χ1v) is 11.1. The molecular weight excluding hydrogens is 424 g/mol. The van der Waals surface area contributed by atoms with E-state index in [0.717, 1.165) is 48.2 Å². The molecule has 1 aliphatic heterocycles. The molecule has 0 atom stereocenters. The van der Waals surface area contributed by atoms with Gasteiger partial charge >= 0.3 is 0 Å². The van der Waals surface area contributed by atoms with Crippen molar-refractivity contribution in [2.45, 2.75) is 33.2 Å². The Morgan fingerprint density at radius 2 is 1.90 bits per heavy atom. The van der Waals surface area contributed by atoms with Crippen LogP contribution in [0.5, 0.6) is 0 Å². The summed E-state index contributed by atoms with van der Waals surface area (Å²) in [5.41, 5.74) is 12.0. The number of nitrogens with two attached hydrogens (primary N) is 1. The fraction of sp³-hybridized carbons (Fsp3) is 0.417. The third kappa shape index (κ3) is 6.88. The number of benzene rings is 2. The van der Waals surface area contributed by atoms with Crippen LogP contribution in [-0.2, 0) is 6.54 Å². The summed E-state index contributed by atoms with van der Waals surface area (Å²) in [6, 6.07) is 14.8. The van der Waals surface area contributed by atoms with Gasteiger partial charge in [-0.25, -0.2) is 10.0 Å². The molecule has 0 aromatic heterocycles. The van der Waals surface area contributed by atoms with Crippen LogP contribution in [0, 0.1) is 6.92 Å². The fourth-order valence-electron chi connectivity index (χ4n) is 3.18. The lowest BCUT2D eigenvalue weighted by molar-refractivity contribution is -0.0966. The van der Waals surface area contributed by atoms with Gasteiger partial charge in [0.05, 0.1) is 0 Å². The number of anilines is 1. The molecule has 0 radical (unpaired) electrons. The van der Waals surface area contributed by atoms with E-state index in [2.05, 4.69) is 114 Å². The maximum absolute atomic E-state index is 6.08. The summed E-state index contributed by atoms with van der Waals surface area (Å²) in [4.78, 5) is 2.12. The zero-order chi connectivity index (χ0) is 21.4. The Morgan fingerprint density at radius 1 is 1.17 bits per heavy atom. The Labute approximate surface area is 185 Å². The Hall–Kier alpha value is -1.82. The summed E-state index contributed by atoms with van der Waals surface area (Å²) < 4.78 is 1.14. The lowest BCUT2D eigenvalue weighted by Crippen LogP contribution is -2.53.